The van der Waals surface area contributed by atoms with Crippen LogP contribution in [0.25, 0.3) is 0 Å². The average Bonchev–Trinajstić information content (AvgIpc) is 3.06. The van der Waals surface area contributed by atoms with Crippen LogP contribution in [0, 0.1) is 13.8 Å². The van der Waals surface area contributed by atoms with Crippen molar-refractivity contribution in [1.82, 2.24) is 18.3 Å². The van der Waals surface area contributed by atoms with Gasteiger partial charge in [0.1, 0.15) is 0 Å². The molecule has 0 fully saturated rings. The Morgan fingerprint density at radius 2 is 1.38 bits per heavy atom. The Balaban J connectivity index is 2.02. The molecule has 3 rings (SSSR count). The Kier molecular flexibility index (Phi) is 6.73. The Labute approximate surface area is 185 Å². The van der Waals surface area contributed by atoms with E-state index in [2.05, 4.69) is 13.2 Å². The van der Waals surface area contributed by atoms with Crippen molar-refractivity contribution in [2.45, 2.75) is 40.0 Å². The first-order valence-electron chi connectivity index (χ1n) is 10.2. The number of allylic oxidation sites excluding steroid dienone is 2. The number of aromatic nitrogens is 4. The topological polar surface area (TPSA) is 88.0 Å². The second-order valence-corrected chi connectivity index (χ2v) is 7.51. The van der Waals surface area contributed by atoms with Gasteiger partial charge in [0, 0.05) is 23.5 Å². The lowest BCUT2D eigenvalue weighted by Crippen LogP contribution is -2.55. The van der Waals surface area contributed by atoms with Gasteiger partial charge in [-0.2, -0.15) is 0 Å². The van der Waals surface area contributed by atoms with E-state index >= 15 is 0 Å². The fraction of sp³-hybridized carbons (Fsp3) is 0.250. The van der Waals surface area contributed by atoms with Gasteiger partial charge < -0.3 is 4.57 Å². The van der Waals surface area contributed by atoms with E-state index in [0.29, 0.717) is 12.1 Å². The molecule has 8 nitrogen and oxygen atoms in total. The van der Waals surface area contributed by atoms with Crippen molar-refractivity contribution in [3.05, 3.63) is 116 Å². The molecule has 166 valence electrons. The summed E-state index contributed by atoms with van der Waals surface area (Å²) < 4.78 is 4.56. The van der Waals surface area contributed by atoms with Gasteiger partial charge in [-0.1, -0.05) is 42.5 Å². The third kappa shape index (κ3) is 4.25. The van der Waals surface area contributed by atoms with Crippen molar-refractivity contribution in [3.8, 4) is 0 Å². The predicted molar refractivity (Wildman–Crippen MR) is 123 cm³/mol. The Hall–Kier alpha value is -3.94. The molecule has 0 bridgehead atoms. The summed E-state index contributed by atoms with van der Waals surface area (Å²) in [5.41, 5.74) is 0.718. The Bertz CT molecular complexity index is 1310. The van der Waals surface area contributed by atoms with Gasteiger partial charge in [-0.15, -0.1) is 13.2 Å². The molecule has 2 aromatic heterocycles. The van der Waals surface area contributed by atoms with Crippen molar-refractivity contribution in [1.29, 1.82) is 0 Å². The van der Waals surface area contributed by atoms with Crippen LogP contribution in [-0.2, 0) is 26.2 Å². The predicted octanol–water partition coefficient (Wildman–Crippen LogP) is 1.89. The van der Waals surface area contributed by atoms with Crippen LogP contribution in [-0.4, -0.2) is 24.1 Å². The molecule has 0 aliphatic rings. The molecule has 0 atom stereocenters. The van der Waals surface area contributed by atoms with Crippen molar-refractivity contribution in [2.75, 3.05) is 0 Å². The molecule has 3 aromatic rings. The molecule has 0 amide bonds. The van der Waals surface area contributed by atoms with Crippen LogP contribution in [0.15, 0.2) is 76.1 Å². The number of carbonyl (C=O) groups is 1. The first-order valence-corrected chi connectivity index (χ1v) is 10.2. The molecular formula is C24H26N4O4. The SMILES string of the molecule is C=CCn1c(=O)n(CC=C)c(=O)n(CC(=O)c2cc(C)n(Cc3ccccc3)c2C)c1=O. The summed E-state index contributed by atoms with van der Waals surface area (Å²) in [5.74, 6) is -0.384. The van der Waals surface area contributed by atoms with E-state index in [-0.39, 0.29) is 18.9 Å². The molecular weight excluding hydrogens is 408 g/mol. The lowest BCUT2D eigenvalue weighted by atomic mass is 10.1. The summed E-state index contributed by atoms with van der Waals surface area (Å²) in [4.78, 5) is 51.2. The number of rotatable bonds is 9. The first-order chi connectivity index (χ1) is 15.3. The normalized spacial score (nSPS) is 10.8. The molecule has 0 saturated carbocycles. The van der Waals surface area contributed by atoms with E-state index in [1.54, 1.807) is 6.07 Å². The van der Waals surface area contributed by atoms with Crippen LogP contribution >= 0.6 is 0 Å². The zero-order valence-corrected chi connectivity index (χ0v) is 18.3. The summed E-state index contributed by atoms with van der Waals surface area (Å²) >= 11 is 0. The van der Waals surface area contributed by atoms with Crippen molar-refractivity contribution < 1.29 is 4.79 Å². The summed E-state index contributed by atoms with van der Waals surface area (Å²) in [6.07, 6.45) is 2.77. The zero-order valence-electron chi connectivity index (χ0n) is 18.3. The molecule has 0 unspecified atom stereocenters. The minimum absolute atomic E-state index is 0.0745. The lowest BCUT2D eigenvalue weighted by Gasteiger charge is -2.12. The minimum Gasteiger partial charge on any atom is -0.344 e. The molecule has 0 aliphatic carbocycles. The summed E-state index contributed by atoms with van der Waals surface area (Å²) in [5, 5.41) is 0. The molecule has 0 saturated heterocycles. The smallest absolute Gasteiger partial charge is 0.337 e. The number of ketones is 1. The van der Waals surface area contributed by atoms with Gasteiger partial charge in [-0.25, -0.2) is 28.1 Å². The second kappa shape index (κ2) is 9.47. The molecule has 0 spiro atoms. The van der Waals surface area contributed by atoms with E-state index in [9.17, 15) is 19.2 Å². The fourth-order valence-corrected chi connectivity index (χ4v) is 3.71. The van der Waals surface area contributed by atoms with Gasteiger partial charge in [0.15, 0.2) is 5.78 Å². The molecule has 1 aromatic carbocycles. The van der Waals surface area contributed by atoms with Crippen LogP contribution < -0.4 is 17.1 Å². The van der Waals surface area contributed by atoms with Crippen LogP contribution in [0.4, 0.5) is 0 Å². The van der Waals surface area contributed by atoms with Gasteiger partial charge >= 0.3 is 17.1 Å². The molecule has 0 aliphatic heterocycles. The van der Waals surface area contributed by atoms with Gasteiger partial charge in [-0.05, 0) is 25.5 Å². The number of hydrogen-bond donors (Lipinski definition) is 0. The van der Waals surface area contributed by atoms with Crippen molar-refractivity contribution in [3.63, 3.8) is 0 Å². The monoisotopic (exact) mass is 434 g/mol. The summed E-state index contributed by atoms with van der Waals surface area (Å²) in [6, 6.07) is 11.6. The van der Waals surface area contributed by atoms with E-state index in [1.165, 1.54) is 12.2 Å². The number of carbonyl (C=O) groups excluding carboxylic acids is 1. The van der Waals surface area contributed by atoms with Crippen molar-refractivity contribution >= 4 is 5.78 Å². The van der Waals surface area contributed by atoms with E-state index in [1.807, 2.05) is 48.7 Å². The lowest BCUT2D eigenvalue weighted by molar-refractivity contribution is 0.0966. The summed E-state index contributed by atoms with van der Waals surface area (Å²) in [6.45, 7) is 10.8. The fourth-order valence-electron chi connectivity index (χ4n) is 3.71. The first kappa shape index (κ1) is 22.7. The van der Waals surface area contributed by atoms with Crippen LogP contribution in [0.3, 0.4) is 0 Å². The van der Waals surface area contributed by atoms with Gasteiger partial charge in [0.2, 0.25) is 0 Å². The molecule has 2 heterocycles. The summed E-state index contributed by atoms with van der Waals surface area (Å²) in [7, 11) is 0. The van der Waals surface area contributed by atoms with Gasteiger partial charge in [0.05, 0.1) is 19.6 Å². The maximum Gasteiger partial charge on any atom is 0.337 e. The molecule has 8 heteroatoms. The maximum atomic E-state index is 13.1. The highest BCUT2D eigenvalue weighted by molar-refractivity contribution is 5.97. The van der Waals surface area contributed by atoms with Crippen LogP contribution in [0.5, 0.6) is 0 Å². The third-order valence-corrected chi connectivity index (χ3v) is 5.37. The van der Waals surface area contributed by atoms with Crippen molar-refractivity contribution in [2.24, 2.45) is 0 Å². The average molecular weight is 434 g/mol. The van der Waals surface area contributed by atoms with Gasteiger partial charge in [-0.3, -0.25) is 4.79 Å². The maximum absolute atomic E-state index is 13.1. The number of Topliss-reactive ketones (excluding diaryl/α,β-unsaturated/α-hetero) is 1. The van der Waals surface area contributed by atoms with E-state index < -0.39 is 23.6 Å². The zero-order chi connectivity index (χ0) is 23.4. The van der Waals surface area contributed by atoms with Crippen LogP contribution in [0.1, 0.15) is 27.3 Å². The Morgan fingerprint density at radius 1 is 0.844 bits per heavy atom. The second-order valence-electron chi connectivity index (χ2n) is 7.51. The molecule has 0 radical (unpaired) electrons. The highest BCUT2D eigenvalue weighted by Crippen LogP contribution is 2.18. The van der Waals surface area contributed by atoms with E-state index in [0.717, 1.165) is 30.7 Å². The quantitative estimate of drug-likeness (QED) is 0.380. The third-order valence-electron chi connectivity index (χ3n) is 5.37. The Morgan fingerprint density at radius 3 is 1.91 bits per heavy atom. The number of hydrogen-bond acceptors (Lipinski definition) is 4. The standard InChI is InChI=1S/C24H26N4O4/c1-5-12-25-22(30)26(13-6-2)24(32)28(23(25)31)16-21(29)20-14-17(3)27(18(20)4)15-19-10-8-7-9-11-19/h5-11,14H,1-2,12-13,15-16H2,3-4H3. The number of aryl methyl sites for hydroxylation is 1. The minimum atomic E-state index is -0.841. The largest absolute Gasteiger partial charge is 0.344 e. The highest BCUT2D eigenvalue weighted by atomic mass is 16.2. The van der Waals surface area contributed by atoms with Crippen LogP contribution in [0.2, 0.25) is 0 Å². The number of benzene rings is 1. The number of nitrogens with zero attached hydrogens (tertiary/aromatic N) is 4. The van der Waals surface area contributed by atoms with Gasteiger partial charge in [0.25, 0.3) is 0 Å². The highest BCUT2D eigenvalue weighted by Gasteiger charge is 2.20. The van der Waals surface area contributed by atoms with E-state index in [4.69, 9.17) is 0 Å². The molecule has 0 N–H and O–H groups in total. The molecule has 32 heavy (non-hydrogen) atoms.